The van der Waals surface area contributed by atoms with Gasteiger partial charge in [-0.2, -0.15) is 0 Å². The molecule has 0 bridgehead atoms. The minimum absolute atomic E-state index is 0.0271. The maximum Gasteiger partial charge on any atom is 0.254 e. The average molecular weight is 804 g/mol. The number of aliphatic hydroxyl groups excluding tert-OH is 1. The lowest BCUT2D eigenvalue weighted by Gasteiger charge is -2.29. The van der Waals surface area contributed by atoms with Crippen molar-refractivity contribution < 1.29 is 33.8 Å². The molecular formula is C43H45N7O7S. The number of thiazole rings is 1. The number of aryl methyl sites for hydroxylation is 1. The Hall–Kier alpha value is -6.32. The highest BCUT2D eigenvalue weighted by atomic mass is 32.1. The number of nitrogen functional groups attached to an aromatic ring is 1. The van der Waals surface area contributed by atoms with E-state index >= 15 is 0 Å². The van der Waals surface area contributed by atoms with E-state index in [9.17, 15) is 19.8 Å². The number of phenolic OH excluding ortho intramolecular Hbond substituents is 1. The van der Waals surface area contributed by atoms with Gasteiger partial charge in [0.1, 0.15) is 36.7 Å². The molecule has 58 heavy (non-hydrogen) atoms. The first-order chi connectivity index (χ1) is 28.0. The van der Waals surface area contributed by atoms with E-state index in [-0.39, 0.29) is 67.4 Å². The Labute approximate surface area is 339 Å². The lowest BCUT2D eigenvalue weighted by Crippen LogP contribution is -2.48. The number of aromatic nitrogens is 4. The van der Waals surface area contributed by atoms with E-state index in [1.165, 1.54) is 4.90 Å². The second-order valence-electron chi connectivity index (χ2n) is 14.6. The van der Waals surface area contributed by atoms with Gasteiger partial charge in [0.25, 0.3) is 5.88 Å². The van der Waals surface area contributed by atoms with Crippen molar-refractivity contribution in [2.45, 2.75) is 58.2 Å². The van der Waals surface area contributed by atoms with Crippen LogP contribution in [0.3, 0.4) is 0 Å². The number of β-amino-alcohol motifs (C(OH)–C–C–N with tert-alkyl or cyclic N) is 1. The quantitative estimate of drug-likeness (QED) is 0.0867. The number of aliphatic hydroxyl groups is 1. The van der Waals surface area contributed by atoms with E-state index in [2.05, 4.69) is 25.7 Å². The fourth-order valence-electron chi connectivity index (χ4n) is 7.09. The first-order valence-corrected chi connectivity index (χ1v) is 19.9. The smallest absolute Gasteiger partial charge is 0.254 e. The molecule has 3 aromatic heterocycles. The van der Waals surface area contributed by atoms with Gasteiger partial charge in [-0.1, -0.05) is 62.4 Å². The number of para-hydroxylation sites is 1. The van der Waals surface area contributed by atoms with Crippen molar-refractivity contribution in [3.8, 4) is 50.2 Å². The number of carbonyl (C=O) groups is 2. The standard InChI is InChI=1S/C43H45N7O7S/c1-24(2)39(43(54)50-22-30(51)19-35(50)42(53)46-25(3)27-9-11-29(12-10-27)40-26(4)45-23-58-40)37-21-38(49-57-37)56-18-17-55-31-15-13-28(14-16-31)33-20-34(47-48-41(33)44)32-7-5-6-8-36(32)52/h5-16,20-21,23-25,30,35,39,51-52H,17-19,22H2,1-4H3,(H2,44,48)(H,46,53)/t25-,30+,35-,39?/m0/s1. The van der Waals surface area contributed by atoms with Crippen molar-refractivity contribution in [1.82, 2.24) is 30.6 Å². The van der Waals surface area contributed by atoms with Crippen LogP contribution >= 0.6 is 11.3 Å². The number of nitrogens with zero attached hydrogens (tertiary/aromatic N) is 5. The molecule has 2 amide bonds. The molecule has 5 N–H and O–H groups in total. The molecule has 14 nitrogen and oxygen atoms in total. The monoisotopic (exact) mass is 803 g/mol. The summed E-state index contributed by atoms with van der Waals surface area (Å²) >= 11 is 1.58. The van der Waals surface area contributed by atoms with Crippen LogP contribution in [0.4, 0.5) is 5.82 Å². The Balaban J connectivity index is 0.931. The van der Waals surface area contributed by atoms with E-state index in [1.54, 1.807) is 53.8 Å². The molecule has 15 heteroatoms. The number of phenols is 1. The summed E-state index contributed by atoms with van der Waals surface area (Å²) in [4.78, 5) is 34.6. The van der Waals surface area contributed by atoms with Gasteiger partial charge in [0.2, 0.25) is 11.8 Å². The highest BCUT2D eigenvalue weighted by Gasteiger charge is 2.43. The summed E-state index contributed by atoms with van der Waals surface area (Å²) < 4.78 is 17.3. The van der Waals surface area contributed by atoms with Crippen LogP contribution in [0.5, 0.6) is 17.4 Å². The maximum absolute atomic E-state index is 14.1. The van der Waals surface area contributed by atoms with Crippen molar-refractivity contribution in [2.75, 3.05) is 25.5 Å². The van der Waals surface area contributed by atoms with Crippen LogP contribution in [0.15, 0.2) is 95.0 Å². The highest BCUT2D eigenvalue weighted by molar-refractivity contribution is 7.13. The minimum atomic E-state index is -0.852. The Kier molecular flexibility index (Phi) is 12.0. The van der Waals surface area contributed by atoms with E-state index in [0.717, 1.165) is 27.3 Å². The molecule has 1 fully saturated rings. The van der Waals surface area contributed by atoms with Crippen molar-refractivity contribution in [2.24, 2.45) is 5.92 Å². The molecule has 0 spiro atoms. The van der Waals surface area contributed by atoms with E-state index in [0.29, 0.717) is 28.3 Å². The summed E-state index contributed by atoms with van der Waals surface area (Å²) in [5, 5.41) is 36.2. The van der Waals surface area contributed by atoms with E-state index in [4.69, 9.17) is 19.7 Å². The SMILES string of the molecule is Cc1ncsc1-c1ccc([C@H](C)NC(=O)[C@@H]2C[C@@H](O)CN2C(=O)C(c2cc(OCCOc3ccc(-c4cc(-c5ccccc5O)nnc4N)cc3)no2)C(C)C)cc1. The maximum atomic E-state index is 14.1. The number of carbonyl (C=O) groups excluding carboxylic acids is 2. The van der Waals surface area contributed by atoms with Crippen molar-refractivity contribution >= 4 is 29.0 Å². The second kappa shape index (κ2) is 17.4. The summed E-state index contributed by atoms with van der Waals surface area (Å²) in [6, 6.07) is 24.3. The first-order valence-electron chi connectivity index (χ1n) is 19.0. The van der Waals surface area contributed by atoms with Gasteiger partial charge in [0.15, 0.2) is 11.6 Å². The van der Waals surface area contributed by atoms with Crippen molar-refractivity contribution in [1.29, 1.82) is 0 Å². The number of amides is 2. The predicted molar refractivity (Wildman–Crippen MR) is 219 cm³/mol. The molecule has 1 aliphatic rings. The number of aromatic hydroxyl groups is 1. The van der Waals surface area contributed by atoms with Gasteiger partial charge in [0, 0.05) is 30.2 Å². The molecule has 4 atom stereocenters. The number of anilines is 1. The highest BCUT2D eigenvalue weighted by Crippen LogP contribution is 2.35. The number of likely N-dealkylation sites (tertiary alicyclic amines) is 1. The van der Waals surface area contributed by atoms with Gasteiger partial charge < -0.3 is 40.2 Å². The summed E-state index contributed by atoms with van der Waals surface area (Å²) in [5.41, 5.74) is 13.4. The third-order valence-corrected chi connectivity index (χ3v) is 11.1. The number of nitrogens with two attached hydrogens (primary N) is 1. The summed E-state index contributed by atoms with van der Waals surface area (Å²) in [6.45, 7) is 8.01. The van der Waals surface area contributed by atoms with Crippen molar-refractivity contribution in [3.63, 3.8) is 0 Å². The van der Waals surface area contributed by atoms with Gasteiger partial charge in [-0.25, -0.2) is 4.98 Å². The molecule has 6 aromatic rings. The minimum Gasteiger partial charge on any atom is -0.507 e. The Morgan fingerprint density at radius 1 is 0.966 bits per heavy atom. The zero-order valence-electron chi connectivity index (χ0n) is 32.5. The molecule has 4 heterocycles. The number of nitrogens with one attached hydrogen (secondary N) is 1. The van der Waals surface area contributed by atoms with Crippen LogP contribution in [0.2, 0.25) is 0 Å². The number of hydrogen-bond donors (Lipinski definition) is 4. The van der Waals surface area contributed by atoms with Gasteiger partial charge in [-0.3, -0.25) is 9.59 Å². The van der Waals surface area contributed by atoms with Crippen LogP contribution in [-0.2, 0) is 9.59 Å². The van der Waals surface area contributed by atoms with Gasteiger partial charge in [-0.05, 0) is 71.9 Å². The normalized spacial score (nSPS) is 16.3. The second-order valence-corrected chi connectivity index (χ2v) is 15.4. The van der Waals surface area contributed by atoms with Crippen LogP contribution < -0.4 is 20.5 Å². The third kappa shape index (κ3) is 8.80. The van der Waals surface area contributed by atoms with Gasteiger partial charge in [0.05, 0.1) is 33.9 Å². The van der Waals surface area contributed by atoms with Crippen LogP contribution in [0.25, 0.3) is 32.8 Å². The average Bonchev–Trinajstić information content (AvgIpc) is 3.97. The number of hydrogen-bond acceptors (Lipinski definition) is 13. The fraction of sp³-hybridized carbons (Fsp3) is 0.302. The zero-order chi connectivity index (χ0) is 40.9. The number of benzene rings is 3. The number of ether oxygens (including phenoxy) is 2. The molecule has 1 saturated heterocycles. The molecule has 1 unspecified atom stereocenters. The molecule has 1 aliphatic heterocycles. The van der Waals surface area contributed by atoms with Crippen LogP contribution in [0, 0.1) is 12.8 Å². The number of rotatable bonds is 14. The first kappa shape index (κ1) is 39.9. The summed E-state index contributed by atoms with van der Waals surface area (Å²) in [7, 11) is 0. The lowest BCUT2D eigenvalue weighted by molar-refractivity contribution is -0.141. The van der Waals surface area contributed by atoms with E-state index in [1.807, 2.05) is 75.7 Å². The largest absolute Gasteiger partial charge is 0.507 e. The fourth-order valence-corrected chi connectivity index (χ4v) is 7.90. The summed E-state index contributed by atoms with van der Waals surface area (Å²) in [6.07, 6.45) is -0.717. The molecule has 0 saturated carbocycles. The van der Waals surface area contributed by atoms with Crippen LogP contribution in [0.1, 0.15) is 56.2 Å². The van der Waals surface area contributed by atoms with Crippen molar-refractivity contribution in [3.05, 3.63) is 107 Å². The van der Waals surface area contributed by atoms with Crippen LogP contribution in [-0.4, -0.2) is 79.2 Å². The predicted octanol–water partition coefficient (Wildman–Crippen LogP) is 6.55. The van der Waals surface area contributed by atoms with E-state index < -0.39 is 18.1 Å². The molecule has 0 radical (unpaired) electrons. The lowest BCUT2D eigenvalue weighted by atomic mass is 9.91. The van der Waals surface area contributed by atoms with Gasteiger partial charge >= 0.3 is 0 Å². The molecular weight excluding hydrogens is 759 g/mol. The molecule has 3 aromatic carbocycles. The Morgan fingerprint density at radius 2 is 1.69 bits per heavy atom. The third-order valence-electron chi connectivity index (χ3n) is 10.2. The zero-order valence-corrected chi connectivity index (χ0v) is 33.3. The van der Waals surface area contributed by atoms with Gasteiger partial charge in [-0.15, -0.1) is 21.5 Å². The molecule has 0 aliphatic carbocycles. The Morgan fingerprint density at radius 3 is 2.40 bits per heavy atom. The molecule has 7 rings (SSSR count). The summed E-state index contributed by atoms with van der Waals surface area (Å²) in [5.74, 6) is -0.215. The molecule has 300 valence electrons. The topological polar surface area (TPSA) is 199 Å². The Bertz CT molecular complexity index is 2360.